The number of nitrogens with zero attached hydrogens (tertiary/aromatic N) is 5. The zero-order valence-corrected chi connectivity index (χ0v) is 34.4. The Kier molecular flexibility index (Phi) is 9.40. The normalized spacial score (nSPS) is 19.7. The van der Waals surface area contributed by atoms with Crippen LogP contribution in [0.25, 0.3) is 88.4 Å². The van der Waals surface area contributed by atoms with Gasteiger partial charge in [-0.1, -0.05) is 133 Å². The minimum Gasteiger partial charge on any atom is -0.238 e. The highest BCUT2D eigenvalue weighted by atomic mass is 15.0. The van der Waals surface area contributed by atoms with Crippen molar-refractivity contribution < 1.29 is 0 Å². The van der Waals surface area contributed by atoms with Crippen LogP contribution in [-0.4, -0.2) is 15.0 Å². The molecule has 0 atom stereocenters. The average Bonchev–Trinajstić information content (AvgIpc) is 3.34. The lowest BCUT2D eigenvalue weighted by Crippen LogP contribution is -2.48. The van der Waals surface area contributed by atoms with Crippen molar-refractivity contribution in [2.24, 2.45) is 17.8 Å². The molecule has 5 nitrogen and oxygen atoms in total. The van der Waals surface area contributed by atoms with E-state index in [0.29, 0.717) is 34.3 Å². The fourth-order valence-electron chi connectivity index (χ4n) is 11.1. The predicted octanol–water partition coefficient (Wildman–Crippen LogP) is 15.1. The third-order valence-corrected chi connectivity index (χ3v) is 13.7. The van der Waals surface area contributed by atoms with Gasteiger partial charge in [0.15, 0.2) is 28.8 Å². The molecule has 12 rings (SSSR count). The quantitative estimate of drug-likeness (QED) is 0.144. The molecule has 5 heteroatoms. The monoisotopic (exact) mass is 797 g/mol. The maximum atomic E-state index is 7.59. The maximum absolute atomic E-state index is 7.59. The van der Waals surface area contributed by atoms with Gasteiger partial charge in [-0.3, -0.25) is 0 Å². The van der Waals surface area contributed by atoms with Crippen LogP contribution in [0, 0.1) is 30.9 Å². The number of hydrogen-bond acceptors (Lipinski definition) is 3. The van der Waals surface area contributed by atoms with E-state index in [1.54, 1.807) is 0 Å². The molecule has 7 aromatic carbocycles. The van der Waals surface area contributed by atoms with Crippen molar-refractivity contribution in [3.63, 3.8) is 0 Å². The lowest BCUT2D eigenvalue weighted by molar-refractivity contribution is -0.00518. The van der Waals surface area contributed by atoms with E-state index in [2.05, 4.69) is 107 Å². The van der Waals surface area contributed by atoms with E-state index in [-0.39, 0.29) is 0 Å². The van der Waals surface area contributed by atoms with E-state index in [1.807, 2.05) is 72.8 Å². The molecule has 1 heterocycles. The van der Waals surface area contributed by atoms with Crippen molar-refractivity contribution in [3.8, 4) is 78.7 Å². The smallest absolute Gasteiger partial charge is 0.187 e. The maximum Gasteiger partial charge on any atom is 0.187 e. The summed E-state index contributed by atoms with van der Waals surface area (Å²) >= 11 is 0. The molecular formula is C57H43N5. The van der Waals surface area contributed by atoms with Crippen LogP contribution >= 0.6 is 0 Å². The summed E-state index contributed by atoms with van der Waals surface area (Å²) in [6.45, 7) is 15.0. The van der Waals surface area contributed by atoms with Crippen LogP contribution < -0.4 is 0 Å². The van der Waals surface area contributed by atoms with E-state index >= 15 is 0 Å². The minimum absolute atomic E-state index is 0.345. The lowest BCUT2D eigenvalue weighted by atomic mass is 9.48. The van der Waals surface area contributed by atoms with Gasteiger partial charge in [-0.25, -0.2) is 24.6 Å². The van der Waals surface area contributed by atoms with Gasteiger partial charge in [0.1, 0.15) is 0 Å². The van der Waals surface area contributed by atoms with Gasteiger partial charge in [0.2, 0.25) is 0 Å². The molecule has 0 aliphatic heterocycles. The summed E-state index contributed by atoms with van der Waals surface area (Å²) < 4.78 is 0. The van der Waals surface area contributed by atoms with Crippen molar-refractivity contribution in [2.45, 2.75) is 43.9 Å². The molecule has 4 aliphatic carbocycles. The third-order valence-electron chi connectivity index (χ3n) is 13.7. The molecule has 0 spiro atoms. The molecule has 0 N–H and O–H groups in total. The first-order valence-electron chi connectivity index (χ1n) is 21.7. The summed E-state index contributed by atoms with van der Waals surface area (Å²) in [6, 6.07) is 58.7. The molecule has 296 valence electrons. The summed E-state index contributed by atoms with van der Waals surface area (Å²) in [5.74, 6) is 4.42. The van der Waals surface area contributed by atoms with Crippen LogP contribution in [0.3, 0.4) is 0 Å². The second-order valence-electron chi connectivity index (χ2n) is 17.7. The van der Waals surface area contributed by atoms with Crippen molar-refractivity contribution in [1.82, 2.24) is 15.0 Å². The Balaban J connectivity index is 1.05. The molecule has 0 radical (unpaired) electrons. The molecule has 8 aromatic rings. The Bertz CT molecular complexity index is 3030. The first kappa shape index (κ1) is 37.5. The summed E-state index contributed by atoms with van der Waals surface area (Å²) in [5.41, 5.74) is 14.2. The molecule has 62 heavy (non-hydrogen) atoms. The fourth-order valence-corrected chi connectivity index (χ4v) is 11.1. The van der Waals surface area contributed by atoms with Crippen molar-refractivity contribution in [3.05, 3.63) is 198 Å². The molecule has 4 bridgehead atoms. The van der Waals surface area contributed by atoms with Crippen molar-refractivity contribution in [2.75, 3.05) is 0 Å². The Morgan fingerprint density at radius 1 is 0.355 bits per heavy atom. The van der Waals surface area contributed by atoms with Crippen LogP contribution in [0.4, 0.5) is 11.4 Å². The van der Waals surface area contributed by atoms with Gasteiger partial charge in [0.05, 0.1) is 13.1 Å². The zero-order valence-electron chi connectivity index (χ0n) is 34.4. The SMILES string of the molecule is [C-]#[N+]c1ccc(-c2cccc(-c3nc(-c4cccc(-c5cccc([N+]#[C-])c5)c4)nc(-c4cc(-c5ccccc5)cc(-c5ccc(C67CC8CC(CC(C8)C6)C7)cc5)c4)n3)c2)cc1. The second kappa shape index (κ2) is 15.5. The topological polar surface area (TPSA) is 47.4 Å². The summed E-state index contributed by atoms with van der Waals surface area (Å²) in [7, 11) is 0. The largest absolute Gasteiger partial charge is 0.238 e. The van der Waals surface area contributed by atoms with Crippen LogP contribution in [0.2, 0.25) is 0 Å². The molecule has 1 aromatic heterocycles. The summed E-state index contributed by atoms with van der Waals surface area (Å²) in [5, 5.41) is 0. The number of aromatic nitrogens is 3. The van der Waals surface area contributed by atoms with E-state index in [0.717, 1.165) is 73.4 Å². The van der Waals surface area contributed by atoms with E-state index in [4.69, 9.17) is 28.1 Å². The van der Waals surface area contributed by atoms with Crippen LogP contribution in [0.15, 0.2) is 170 Å². The lowest BCUT2D eigenvalue weighted by Gasteiger charge is -2.57. The fraction of sp³-hybridized carbons (Fsp3) is 0.175. The first-order chi connectivity index (χ1) is 30.5. The molecule has 0 saturated heterocycles. The van der Waals surface area contributed by atoms with Gasteiger partial charge in [0, 0.05) is 16.7 Å². The minimum atomic E-state index is 0.345. The summed E-state index contributed by atoms with van der Waals surface area (Å²) in [6.07, 6.45) is 8.38. The number of hydrogen-bond donors (Lipinski definition) is 0. The highest BCUT2D eigenvalue weighted by Gasteiger charge is 2.51. The van der Waals surface area contributed by atoms with Gasteiger partial charge in [-0.2, -0.15) is 0 Å². The van der Waals surface area contributed by atoms with Gasteiger partial charge >= 0.3 is 0 Å². The van der Waals surface area contributed by atoms with Crippen molar-refractivity contribution in [1.29, 1.82) is 0 Å². The van der Waals surface area contributed by atoms with Gasteiger partial charge in [-0.15, -0.1) is 0 Å². The molecule has 0 unspecified atom stereocenters. The Hall–Kier alpha value is -7.47. The molecule has 4 saturated carbocycles. The molecule has 4 fully saturated rings. The van der Waals surface area contributed by atoms with Gasteiger partial charge < -0.3 is 0 Å². The highest BCUT2D eigenvalue weighted by Crippen LogP contribution is 2.60. The second-order valence-corrected chi connectivity index (χ2v) is 17.7. The van der Waals surface area contributed by atoms with Crippen LogP contribution in [-0.2, 0) is 5.41 Å². The van der Waals surface area contributed by atoms with Gasteiger partial charge in [0.25, 0.3) is 0 Å². The predicted molar refractivity (Wildman–Crippen MR) is 250 cm³/mol. The first-order valence-corrected chi connectivity index (χ1v) is 21.7. The number of benzene rings is 7. The number of rotatable bonds is 8. The Morgan fingerprint density at radius 3 is 1.32 bits per heavy atom. The highest BCUT2D eigenvalue weighted by molar-refractivity contribution is 5.81. The summed E-state index contributed by atoms with van der Waals surface area (Å²) in [4.78, 5) is 22.9. The zero-order chi connectivity index (χ0) is 41.6. The third kappa shape index (κ3) is 7.16. The Morgan fingerprint density at radius 2 is 0.758 bits per heavy atom. The molecular weight excluding hydrogens is 755 g/mol. The van der Waals surface area contributed by atoms with Crippen molar-refractivity contribution >= 4 is 11.4 Å². The van der Waals surface area contributed by atoms with Gasteiger partial charge in [-0.05, 0) is 148 Å². The van der Waals surface area contributed by atoms with E-state index < -0.39 is 0 Å². The Labute approximate surface area is 363 Å². The average molecular weight is 798 g/mol. The molecule has 0 amide bonds. The van der Waals surface area contributed by atoms with Crippen LogP contribution in [0.1, 0.15) is 44.1 Å². The van der Waals surface area contributed by atoms with Crippen LogP contribution in [0.5, 0.6) is 0 Å². The molecule has 4 aliphatic rings. The van der Waals surface area contributed by atoms with E-state index in [1.165, 1.54) is 49.7 Å². The standard InChI is InChI=1S/C57H43N5/c1-58-52-23-19-41(20-24-52)43-11-6-14-46(28-43)54-60-55(47-15-7-12-44(29-47)45-13-8-16-53(33-45)59-2)62-56(61-54)50-31-48(40-9-4-3-5-10-40)30-49(32-50)42-17-21-51(22-18-42)57-34-37-25-38(35-57)27-39(26-37)36-57/h3-24,28-33,37-39H,25-27,34-36H2. The van der Waals surface area contributed by atoms with E-state index in [9.17, 15) is 0 Å².